The third-order valence-corrected chi connectivity index (χ3v) is 6.43. The largest absolute Gasteiger partial charge is 0.382 e. The van der Waals surface area contributed by atoms with Gasteiger partial charge in [-0.25, -0.2) is 4.98 Å². The van der Waals surface area contributed by atoms with Crippen LogP contribution in [0.1, 0.15) is 42.0 Å². The number of hydrogen-bond acceptors (Lipinski definition) is 8. The van der Waals surface area contributed by atoms with Crippen molar-refractivity contribution < 1.29 is 4.79 Å². The average Bonchev–Trinajstić information content (AvgIpc) is 2.83. The van der Waals surface area contributed by atoms with E-state index in [1.165, 1.54) is 16.7 Å². The third-order valence-electron chi connectivity index (χ3n) is 5.43. The molecule has 1 atom stereocenters. The lowest BCUT2D eigenvalue weighted by molar-refractivity contribution is 0.1000. The molecule has 0 radical (unpaired) electrons. The molecule has 2 heterocycles. The normalized spacial score (nSPS) is 12.0. The van der Waals surface area contributed by atoms with Crippen molar-refractivity contribution in [2.24, 2.45) is 5.73 Å². The summed E-state index contributed by atoms with van der Waals surface area (Å²) < 4.78 is 1.35. The van der Waals surface area contributed by atoms with Gasteiger partial charge in [0, 0.05) is 5.56 Å². The number of hydrogen-bond donors (Lipinski definition) is 4. The molecule has 0 bridgehead atoms. The zero-order chi connectivity index (χ0) is 26.1. The summed E-state index contributed by atoms with van der Waals surface area (Å²) in [5.74, 6) is -0.295. The van der Waals surface area contributed by atoms with E-state index in [2.05, 4.69) is 15.3 Å². The fraction of sp³-hybridized carbons (Fsp3) is 0.174. The van der Waals surface area contributed by atoms with Gasteiger partial charge in [0.1, 0.15) is 16.7 Å². The van der Waals surface area contributed by atoms with E-state index >= 15 is 0 Å². The molecule has 36 heavy (non-hydrogen) atoms. The highest BCUT2D eigenvalue weighted by Gasteiger charge is 2.25. The predicted octanol–water partition coefficient (Wildman–Crippen LogP) is 4.35. The first-order valence-corrected chi connectivity index (χ1v) is 11.9. The minimum absolute atomic E-state index is 0.00485. The van der Waals surface area contributed by atoms with Gasteiger partial charge in [-0.2, -0.15) is 9.97 Å². The maximum atomic E-state index is 13.9. The molecular weight excluding hydrogens is 527 g/mol. The second-order valence-corrected chi connectivity index (χ2v) is 9.09. The summed E-state index contributed by atoms with van der Waals surface area (Å²) >= 11 is 19.1. The molecule has 10 nitrogen and oxygen atoms in total. The SMILES string of the molecule is CCCC(Nc1nc(N)nc(N)c1Cl)c1nc2c(Cl)ccc(Cl)c2c(=O)n1-c1cccc(C(N)=O)c1. The minimum atomic E-state index is -0.650. The number of nitrogens with one attached hydrogen (secondary N) is 1. The van der Waals surface area contributed by atoms with Crippen LogP contribution in [0.3, 0.4) is 0 Å². The van der Waals surface area contributed by atoms with Crippen LogP contribution in [0.15, 0.2) is 41.2 Å². The number of benzene rings is 2. The lowest BCUT2D eigenvalue weighted by Crippen LogP contribution is -2.29. The number of carbonyl (C=O) groups excluding carboxylic acids is 1. The molecular formula is C23H21Cl3N8O2. The predicted molar refractivity (Wildman–Crippen MR) is 143 cm³/mol. The Bertz CT molecular complexity index is 1560. The van der Waals surface area contributed by atoms with Crippen molar-refractivity contribution in [1.82, 2.24) is 19.5 Å². The first-order valence-electron chi connectivity index (χ1n) is 10.8. The van der Waals surface area contributed by atoms with E-state index in [9.17, 15) is 9.59 Å². The molecule has 1 amide bonds. The molecule has 0 fully saturated rings. The molecule has 0 spiro atoms. The Morgan fingerprint density at radius 2 is 1.81 bits per heavy atom. The summed E-state index contributed by atoms with van der Waals surface area (Å²) in [6, 6.07) is 8.77. The first kappa shape index (κ1) is 25.5. The molecule has 7 N–H and O–H groups in total. The molecule has 2 aromatic heterocycles. The number of nitrogens with zero attached hydrogens (tertiary/aromatic N) is 4. The van der Waals surface area contributed by atoms with Crippen LogP contribution in [0.4, 0.5) is 17.6 Å². The molecule has 13 heteroatoms. The molecule has 0 aliphatic carbocycles. The van der Waals surface area contributed by atoms with Crippen LogP contribution < -0.4 is 28.1 Å². The van der Waals surface area contributed by atoms with Crippen molar-refractivity contribution in [1.29, 1.82) is 0 Å². The van der Waals surface area contributed by atoms with Crippen LogP contribution in [0.5, 0.6) is 0 Å². The van der Waals surface area contributed by atoms with E-state index in [0.717, 1.165) is 0 Å². The number of amides is 1. The number of aromatic nitrogens is 4. The highest BCUT2D eigenvalue weighted by Crippen LogP contribution is 2.33. The fourth-order valence-electron chi connectivity index (χ4n) is 3.81. The van der Waals surface area contributed by atoms with Crippen LogP contribution in [0.2, 0.25) is 15.1 Å². The Morgan fingerprint density at radius 1 is 1.08 bits per heavy atom. The van der Waals surface area contributed by atoms with Crippen molar-refractivity contribution in [2.75, 3.05) is 16.8 Å². The van der Waals surface area contributed by atoms with Gasteiger partial charge in [0.15, 0.2) is 5.82 Å². The quantitative estimate of drug-likeness (QED) is 0.265. The van der Waals surface area contributed by atoms with Crippen molar-refractivity contribution in [2.45, 2.75) is 25.8 Å². The van der Waals surface area contributed by atoms with Crippen LogP contribution >= 0.6 is 34.8 Å². The van der Waals surface area contributed by atoms with Gasteiger partial charge >= 0.3 is 0 Å². The van der Waals surface area contributed by atoms with E-state index < -0.39 is 17.5 Å². The summed E-state index contributed by atoms with van der Waals surface area (Å²) in [5, 5.41) is 3.80. The summed E-state index contributed by atoms with van der Waals surface area (Å²) in [7, 11) is 0. The maximum absolute atomic E-state index is 13.9. The van der Waals surface area contributed by atoms with Gasteiger partial charge in [-0.05, 0) is 36.8 Å². The van der Waals surface area contributed by atoms with Gasteiger partial charge in [-0.1, -0.05) is 54.2 Å². The van der Waals surface area contributed by atoms with Crippen LogP contribution in [0.25, 0.3) is 16.6 Å². The monoisotopic (exact) mass is 546 g/mol. The number of halogens is 3. The first-order chi connectivity index (χ1) is 17.1. The van der Waals surface area contributed by atoms with E-state index in [4.69, 9.17) is 57.0 Å². The Kier molecular flexibility index (Phi) is 7.21. The summed E-state index contributed by atoms with van der Waals surface area (Å²) in [5.41, 5.74) is 17.4. The number of anilines is 3. The molecule has 0 saturated heterocycles. The van der Waals surface area contributed by atoms with Crippen LogP contribution in [-0.4, -0.2) is 25.4 Å². The van der Waals surface area contributed by atoms with Gasteiger partial charge in [0.25, 0.3) is 5.56 Å². The lowest BCUT2D eigenvalue weighted by atomic mass is 10.1. The molecule has 4 aromatic rings. The van der Waals surface area contributed by atoms with Gasteiger partial charge < -0.3 is 22.5 Å². The Morgan fingerprint density at radius 3 is 2.50 bits per heavy atom. The van der Waals surface area contributed by atoms with Gasteiger partial charge in [0.2, 0.25) is 11.9 Å². The Labute approximate surface area is 220 Å². The molecule has 186 valence electrons. The number of nitrogen functional groups attached to an aromatic ring is 2. The maximum Gasteiger partial charge on any atom is 0.267 e. The number of nitrogens with two attached hydrogens (primary N) is 3. The van der Waals surface area contributed by atoms with Gasteiger partial charge in [-0.3, -0.25) is 14.2 Å². The topological polar surface area (TPSA) is 168 Å². The van der Waals surface area contributed by atoms with Crippen molar-refractivity contribution in [3.63, 3.8) is 0 Å². The summed E-state index contributed by atoms with van der Waals surface area (Å²) in [6.45, 7) is 1.96. The van der Waals surface area contributed by atoms with E-state index in [1.54, 1.807) is 24.3 Å². The lowest BCUT2D eigenvalue weighted by Gasteiger charge is -2.24. The van der Waals surface area contributed by atoms with E-state index in [0.29, 0.717) is 18.5 Å². The zero-order valence-corrected chi connectivity index (χ0v) is 21.2. The average molecular weight is 548 g/mol. The zero-order valence-electron chi connectivity index (χ0n) is 18.9. The number of carbonyl (C=O) groups is 1. The number of primary amides is 1. The molecule has 1 unspecified atom stereocenters. The highest BCUT2D eigenvalue weighted by atomic mass is 35.5. The smallest absolute Gasteiger partial charge is 0.267 e. The Hall–Kier alpha value is -3.60. The van der Waals surface area contributed by atoms with Gasteiger partial charge in [-0.15, -0.1) is 0 Å². The second-order valence-electron chi connectivity index (χ2n) is 7.89. The fourth-order valence-corrected chi connectivity index (χ4v) is 4.39. The Balaban J connectivity index is 2.04. The molecule has 0 aliphatic heterocycles. The highest BCUT2D eigenvalue weighted by molar-refractivity contribution is 6.39. The third kappa shape index (κ3) is 4.75. The van der Waals surface area contributed by atoms with Crippen LogP contribution in [0, 0.1) is 0 Å². The van der Waals surface area contributed by atoms with Crippen molar-refractivity contribution >= 4 is 69.2 Å². The molecule has 2 aromatic carbocycles. The minimum Gasteiger partial charge on any atom is -0.382 e. The summed E-state index contributed by atoms with van der Waals surface area (Å²) in [6.07, 6.45) is 1.18. The standard InChI is InChI=1S/C23H21Cl3N8O2/c1-2-4-14(30-20-16(26)18(27)32-23(29)33-20)21-31-17-13(25)8-7-12(24)15(17)22(36)34(21)11-6-3-5-10(9-11)19(28)35/h3,5-9,14H,2,4H2,1H3,(H2,28,35)(H5,27,29,30,32,33). The second kappa shape index (κ2) is 10.2. The molecule has 0 aliphatic rings. The molecule has 4 rings (SSSR count). The van der Waals surface area contributed by atoms with Gasteiger partial charge in [0.05, 0.1) is 32.7 Å². The number of fused-ring (bicyclic) bond motifs is 1. The van der Waals surface area contributed by atoms with E-state index in [1.807, 2.05) is 6.92 Å². The van der Waals surface area contributed by atoms with Crippen molar-refractivity contribution in [3.05, 3.63) is 73.2 Å². The summed E-state index contributed by atoms with van der Waals surface area (Å²) in [4.78, 5) is 38.5. The molecule has 0 saturated carbocycles. The number of rotatable bonds is 7. The van der Waals surface area contributed by atoms with Crippen LogP contribution in [-0.2, 0) is 0 Å². The van der Waals surface area contributed by atoms with E-state index in [-0.39, 0.29) is 54.9 Å². The van der Waals surface area contributed by atoms with Crippen molar-refractivity contribution in [3.8, 4) is 5.69 Å².